The van der Waals surface area contributed by atoms with Crippen molar-refractivity contribution in [3.8, 4) is 0 Å². The van der Waals surface area contributed by atoms with E-state index in [1.807, 2.05) is 11.3 Å². The van der Waals surface area contributed by atoms with E-state index in [4.69, 9.17) is 0 Å². The fourth-order valence-corrected chi connectivity index (χ4v) is 2.56. The summed E-state index contributed by atoms with van der Waals surface area (Å²) in [6.45, 7) is 5.78. The first-order valence-corrected chi connectivity index (χ1v) is 4.85. The summed E-state index contributed by atoms with van der Waals surface area (Å²) in [5, 5.41) is 5.59. The van der Waals surface area contributed by atoms with Gasteiger partial charge in [0.2, 0.25) is 0 Å². The molecule has 1 aliphatic rings. The third kappa shape index (κ3) is 1.10. The summed E-state index contributed by atoms with van der Waals surface area (Å²) in [6, 6.07) is 4.93. The quantitative estimate of drug-likeness (QED) is 0.677. The van der Waals surface area contributed by atoms with Crippen molar-refractivity contribution < 1.29 is 0 Å². The first-order chi connectivity index (χ1) is 5.20. The third-order valence-corrected chi connectivity index (χ3v) is 3.31. The van der Waals surface area contributed by atoms with Gasteiger partial charge in [-0.15, -0.1) is 11.3 Å². The van der Waals surface area contributed by atoms with Gasteiger partial charge in [-0.3, -0.25) is 0 Å². The van der Waals surface area contributed by atoms with E-state index in [-0.39, 0.29) is 0 Å². The second-order valence-corrected chi connectivity index (χ2v) is 4.80. The van der Waals surface area contributed by atoms with Gasteiger partial charge in [-0.1, -0.05) is 19.9 Å². The van der Waals surface area contributed by atoms with Crippen LogP contribution in [0.15, 0.2) is 17.5 Å². The summed E-state index contributed by atoms with van der Waals surface area (Å²) in [7, 11) is 0. The van der Waals surface area contributed by atoms with Gasteiger partial charge in [0.05, 0.1) is 0 Å². The molecule has 0 unspecified atom stereocenters. The molecule has 1 atom stereocenters. The average Bonchev–Trinajstić information content (AvgIpc) is 2.38. The van der Waals surface area contributed by atoms with Gasteiger partial charge in [-0.25, -0.2) is 0 Å². The molecule has 1 aromatic heterocycles. The highest BCUT2D eigenvalue weighted by atomic mass is 32.1. The van der Waals surface area contributed by atoms with Crippen LogP contribution in [0.1, 0.15) is 24.8 Å². The van der Waals surface area contributed by atoms with E-state index in [1.54, 1.807) is 0 Å². The molecule has 1 fully saturated rings. The third-order valence-electron chi connectivity index (χ3n) is 2.37. The number of hydrogen-bond acceptors (Lipinski definition) is 2. The molecule has 60 valence electrons. The number of hydrogen-bond donors (Lipinski definition) is 1. The average molecular weight is 167 g/mol. The van der Waals surface area contributed by atoms with Crippen LogP contribution < -0.4 is 5.32 Å². The molecule has 1 N–H and O–H groups in total. The van der Waals surface area contributed by atoms with Gasteiger partial charge in [0.15, 0.2) is 0 Å². The Morgan fingerprint density at radius 2 is 2.45 bits per heavy atom. The Hall–Kier alpha value is -0.340. The Morgan fingerprint density at radius 1 is 1.64 bits per heavy atom. The van der Waals surface area contributed by atoms with Crippen LogP contribution in [-0.4, -0.2) is 6.54 Å². The number of thiophene rings is 1. The second-order valence-electron chi connectivity index (χ2n) is 3.82. The van der Waals surface area contributed by atoms with E-state index < -0.39 is 0 Å². The maximum atomic E-state index is 3.45. The minimum absolute atomic E-state index is 0.463. The minimum Gasteiger partial charge on any atom is -0.308 e. The molecular weight excluding hydrogens is 154 g/mol. The van der Waals surface area contributed by atoms with E-state index in [0.29, 0.717) is 11.5 Å². The SMILES string of the molecule is CC1(C)CN[C@H]1c1cccs1. The van der Waals surface area contributed by atoms with E-state index in [1.165, 1.54) is 4.88 Å². The Balaban J connectivity index is 2.20. The Labute approximate surface area is 71.4 Å². The highest BCUT2D eigenvalue weighted by Crippen LogP contribution is 2.41. The number of nitrogens with one attached hydrogen (secondary N) is 1. The van der Waals surface area contributed by atoms with Gasteiger partial charge in [0.1, 0.15) is 0 Å². The molecule has 2 heteroatoms. The summed E-state index contributed by atoms with van der Waals surface area (Å²) < 4.78 is 0. The van der Waals surface area contributed by atoms with Gasteiger partial charge in [0, 0.05) is 17.5 Å². The van der Waals surface area contributed by atoms with Crippen LogP contribution in [0.3, 0.4) is 0 Å². The van der Waals surface area contributed by atoms with Crippen LogP contribution >= 0.6 is 11.3 Å². The maximum Gasteiger partial charge on any atom is 0.0479 e. The molecule has 1 nitrogen and oxygen atoms in total. The zero-order valence-corrected chi connectivity index (χ0v) is 7.74. The number of rotatable bonds is 1. The largest absolute Gasteiger partial charge is 0.308 e. The van der Waals surface area contributed by atoms with Crippen molar-refractivity contribution in [2.24, 2.45) is 5.41 Å². The monoisotopic (exact) mass is 167 g/mol. The van der Waals surface area contributed by atoms with Gasteiger partial charge in [-0.05, 0) is 16.9 Å². The topological polar surface area (TPSA) is 12.0 Å². The van der Waals surface area contributed by atoms with Gasteiger partial charge in [0.25, 0.3) is 0 Å². The highest BCUT2D eigenvalue weighted by molar-refractivity contribution is 7.10. The Morgan fingerprint density at radius 3 is 2.82 bits per heavy atom. The smallest absolute Gasteiger partial charge is 0.0479 e. The van der Waals surface area contributed by atoms with Crippen LogP contribution in [0.25, 0.3) is 0 Å². The van der Waals surface area contributed by atoms with Crippen molar-refractivity contribution in [3.05, 3.63) is 22.4 Å². The van der Waals surface area contributed by atoms with E-state index in [9.17, 15) is 0 Å². The van der Waals surface area contributed by atoms with Crippen LogP contribution in [0.4, 0.5) is 0 Å². The summed E-state index contributed by atoms with van der Waals surface area (Å²) >= 11 is 1.85. The predicted octanol–water partition coefficient (Wildman–Crippen LogP) is 2.42. The van der Waals surface area contributed by atoms with Crippen LogP contribution in [0.2, 0.25) is 0 Å². The summed E-state index contributed by atoms with van der Waals surface area (Å²) in [5.41, 5.74) is 0.463. The molecule has 0 aromatic carbocycles. The van der Waals surface area contributed by atoms with Gasteiger partial charge in [-0.2, -0.15) is 0 Å². The lowest BCUT2D eigenvalue weighted by atomic mass is 9.76. The maximum absolute atomic E-state index is 3.45. The van der Waals surface area contributed by atoms with Crippen molar-refractivity contribution in [2.75, 3.05) is 6.54 Å². The van der Waals surface area contributed by atoms with Crippen molar-refractivity contribution in [2.45, 2.75) is 19.9 Å². The van der Waals surface area contributed by atoms with E-state index in [0.717, 1.165) is 6.54 Å². The fourth-order valence-electron chi connectivity index (χ4n) is 1.55. The molecule has 1 saturated heterocycles. The fraction of sp³-hybridized carbons (Fsp3) is 0.556. The van der Waals surface area contributed by atoms with E-state index >= 15 is 0 Å². The second kappa shape index (κ2) is 2.32. The molecule has 0 spiro atoms. The zero-order chi connectivity index (χ0) is 7.90. The molecule has 2 rings (SSSR count). The Bertz CT molecular complexity index is 238. The van der Waals surface area contributed by atoms with Gasteiger partial charge < -0.3 is 5.32 Å². The highest BCUT2D eigenvalue weighted by Gasteiger charge is 2.39. The molecule has 0 radical (unpaired) electrons. The van der Waals surface area contributed by atoms with Crippen LogP contribution in [-0.2, 0) is 0 Å². The first kappa shape index (κ1) is 7.32. The molecule has 0 saturated carbocycles. The van der Waals surface area contributed by atoms with Crippen molar-refractivity contribution >= 4 is 11.3 Å². The van der Waals surface area contributed by atoms with Crippen molar-refractivity contribution in [3.63, 3.8) is 0 Å². The lowest BCUT2D eigenvalue weighted by molar-refractivity contribution is 0.131. The summed E-state index contributed by atoms with van der Waals surface area (Å²) in [4.78, 5) is 1.47. The molecule has 0 amide bonds. The molecule has 1 aromatic rings. The predicted molar refractivity (Wildman–Crippen MR) is 48.8 cm³/mol. The first-order valence-electron chi connectivity index (χ1n) is 3.97. The molecule has 0 aliphatic carbocycles. The van der Waals surface area contributed by atoms with Gasteiger partial charge >= 0.3 is 0 Å². The Kier molecular flexibility index (Phi) is 1.55. The molecule has 2 heterocycles. The normalized spacial score (nSPS) is 28.0. The summed E-state index contributed by atoms with van der Waals surface area (Å²) in [6.07, 6.45) is 0. The van der Waals surface area contributed by atoms with Crippen LogP contribution in [0, 0.1) is 5.41 Å². The standard InChI is InChI=1S/C9H13NS/c1-9(2)6-10-8(9)7-4-3-5-11-7/h3-5,8,10H,6H2,1-2H3/t8-/m0/s1. The van der Waals surface area contributed by atoms with Crippen LogP contribution in [0.5, 0.6) is 0 Å². The van der Waals surface area contributed by atoms with Crippen molar-refractivity contribution in [1.82, 2.24) is 5.32 Å². The minimum atomic E-state index is 0.463. The zero-order valence-electron chi connectivity index (χ0n) is 6.92. The summed E-state index contributed by atoms with van der Waals surface area (Å²) in [5.74, 6) is 0. The molecular formula is C9H13NS. The molecule has 11 heavy (non-hydrogen) atoms. The lowest BCUT2D eigenvalue weighted by Crippen LogP contribution is -2.51. The lowest BCUT2D eigenvalue weighted by Gasteiger charge is -2.45. The molecule has 1 aliphatic heterocycles. The van der Waals surface area contributed by atoms with E-state index in [2.05, 4.69) is 36.7 Å². The molecule has 0 bridgehead atoms. The van der Waals surface area contributed by atoms with Crippen molar-refractivity contribution in [1.29, 1.82) is 0 Å².